The number of fused-ring (bicyclic) bond motifs is 9. The summed E-state index contributed by atoms with van der Waals surface area (Å²) < 4.78 is 0. The number of aromatic nitrogens is 2. The van der Waals surface area contributed by atoms with Crippen LogP contribution in [0.4, 0.5) is 5.69 Å². The number of para-hydroxylation sites is 1. The molecule has 0 N–H and O–H groups in total. The highest BCUT2D eigenvalue weighted by Crippen LogP contribution is 2.59. The Morgan fingerprint density at radius 3 is 1.69 bits per heavy atom. The molecule has 2 atom stereocenters. The summed E-state index contributed by atoms with van der Waals surface area (Å²) >= 11 is 1.90. The fourth-order valence-electron chi connectivity index (χ4n) is 7.83. The lowest BCUT2D eigenvalue weighted by Crippen LogP contribution is -2.27. The third-order valence-corrected chi connectivity index (χ3v) is 11.5. The Morgan fingerprint density at radius 2 is 1.02 bits per heavy atom. The van der Waals surface area contributed by atoms with Gasteiger partial charge in [0.25, 0.3) is 0 Å². The number of pyridine rings is 2. The molecule has 0 fully saturated rings. The van der Waals surface area contributed by atoms with Crippen molar-refractivity contribution in [2.75, 3.05) is 0 Å². The smallest absolute Gasteiger partial charge is 0.0672 e. The molecular formula is C45H29N3S. The van der Waals surface area contributed by atoms with Gasteiger partial charge < -0.3 is 0 Å². The summed E-state index contributed by atoms with van der Waals surface area (Å²) in [5.41, 5.74) is 10.5. The first-order chi connectivity index (χ1) is 24.3. The zero-order valence-corrected chi connectivity index (χ0v) is 27.3. The van der Waals surface area contributed by atoms with Crippen molar-refractivity contribution in [1.82, 2.24) is 9.97 Å². The van der Waals surface area contributed by atoms with Gasteiger partial charge in [-0.1, -0.05) is 115 Å². The van der Waals surface area contributed by atoms with E-state index in [2.05, 4.69) is 137 Å². The predicted octanol–water partition coefficient (Wildman–Crippen LogP) is 11.5. The van der Waals surface area contributed by atoms with E-state index in [1.165, 1.54) is 59.5 Å². The van der Waals surface area contributed by atoms with Crippen LogP contribution >= 0.6 is 11.8 Å². The molecule has 2 aromatic heterocycles. The Morgan fingerprint density at radius 1 is 0.449 bits per heavy atom. The van der Waals surface area contributed by atoms with Crippen LogP contribution in [0.1, 0.15) is 28.2 Å². The van der Waals surface area contributed by atoms with E-state index in [0.29, 0.717) is 0 Å². The monoisotopic (exact) mass is 643 g/mol. The van der Waals surface area contributed by atoms with Crippen LogP contribution in [0.2, 0.25) is 0 Å². The minimum absolute atomic E-state index is 0.117. The summed E-state index contributed by atoms with van der Waals surface area (Å²) in [7, 11) is 0. The standard InChI is InChI=1S/C45H29N3S/c1-2-13-35-33(11-1)34-12-3-4-14-36(34)39-25-30(21-22-37(35)39)28-17-19-29(20-18-28)43-45-42(38-15-5-6-16-40(38)48-43)41(31-9-7-23-46-26-31)44(49-45)32-10-8-24-47-27-32/h1-27,42,45H. The third kappa shape index (κ3) is 4.56. The summed E-state index contributed by atoms with van der Waals surface area (Å²) in [6.07, 6.45) is 7.65. The van der Waals surface area contributed by atoms with Crippen molar-refractivity contribution in [1.29, 1.82) is 0 Å². The maximum Gasteiger partial charge on any atom is 0.0672 e. The molecule has 0 aliphatic carbocycles. The molecule has 4 heterocycles. The Bertz CT molecular complexity index is 2590. The predicted molar refractivity (Wildman–Crippen MR) is 206 cm³/mol. The molecule has 2 aliphatic rings. The molecule has 0 amide bonds. The van der Waals surface area contributed by atoms with Crippen molar-refractivity contribution in [3.63, 3.8) is 0 Å². The second-order valence-corrected chi connectivity index (χ2v) is 13.9. The van der Waals surface area contributed by atoms with Crippen molar-refractivity contribution < 1.29 is 0 Å². The highest BCUT2D eigenvalue weighted by atomic mass is 32.2. The molecule has 10 rings (SSSR count). The Hall–Kier alpha value is -5.84. The number of aliphatic imine (C=N–C) groups is 1. The third-order valence-electron chi connectivity index (χ3n) is 10.0. The van der Waals surface area contributed by atoms with Crippen molar-refractivity contribution in [3.8, 4) is 11.1 Å². The number of hydrogen-bond acceptors (Lipinski definition) is 4. The van der Waals surface area contributed by atoms with Gasteiger partial charge in [0.2, 0.25) is 0 Å². The van der Waals surface area contributed by atoms with Gasteiger partial charge in [0.05, 0.1) is 16.6 Å². The van der Waals surface area contributed by atoms with E-state index in [9.17, 15) is 0 Å². The van der Waals surface area contributed by atoms with Gasteiger partial charge in [-0.2, -0.15) is 0 Å². The van der Waals surface area contributed by atoms with E-state index in [-0.39, 0.29) is 11.2 Å². The molecular weight excluding hydrogens is 615 g/mol. The average Bonchev–Trinajstić information content (AvgIpc) is 3.60. The molecule has 0 saturated carbocycles. The fourth-order valence-corrected chi connectivity index (χ4v) is 9.43. The minimum Gasteiger partial charge on any atom is -0.264 e. The van der Waals surface area contributed by atoms with E-state index in [1.54, 1.807) is 0 Å². The van der Waals surface area contributed by atoms with Crippen LogP contribution in [0.15, 0.2) is 169 Å². The molecule has 6 aromatic carbocycles. The molecule has 230 valence electrons. The number of hydrogen-bond donors (Lipinski definition) is 0. The maximum atomic E-state index is 5.36. The Kier molecular flexibility index (Phi) is 6.56. The highest BCUT2D eigenvalue weighted by Gasteiger charge is 2.44. The molecule has 0 radical (unpaired) electrons. The first-order valence-electron chi connectivity index (χ1n) is 16.6. The van der Waals surface area contributed by atoms with Crippen molar-refractivity contribution in [2.24, 2.45) is 4.99 Å². The molecule has 0 saturated heterocycles. The Labute approximate surface area is 288 Å². The second kappa shape index (κ2) is 11.4. The first kappa shape index (κ1) is 28.2. The summed E-state index contributed by atoms with van der Waals surface area (Å²) in [6, 6.07) is 50.5. The lowest BCUT2D eigenvalue weighted by atomic mass is 9.79. The lowest BCUT2D eigenvalue weighted by molar-refractivity contribution is 0.921. The maximum absolute atomic E-state index is 5.36. The minimum atomic E-state index is 0.117. The summed E-state index contributed by atoms with van der Waals surface area (Å²) in [5.74, 6) is 0.136. The number of rotatable bonds is 4. The van der Waals surface area contributed by atoms with Gasteiger partial charge >= 0.3 is 0 Å². The molecule has 3 nitrogen and oxygen atoms in total. The van der Waals surface area contributed by atoms with Crippen LogP contribution in [0.5, 0.6) is 0 Å². The Balaban J connectivity index is 1.08. The topological polar surface area (TPSA) is 38.1 Å². The molecule has 8 aromatic rings. The first-order valence-corrected chi connectivity index (χ1v) is 17.5. The van der Waals surface area contributed by atoms with Gasteiger partial charge in [-0.25, -0.2) is 0 Å². The van der Waals surface area contributed by atoms with E-state index in [1.807, 2.05) is 48.7 Å². The van der Waals surface area contributed by atoms with E-state index in [4.69, 9.17) is 4.99 Å². The van der Waals surface area contributed by atoms with E-state index >= 15 is 0 Å². The normalized spacial score (nSPS) is 16.9. The molecule has 0 bridgehead atoms. The van der Waals surface area contributed by atoms with Gasteiger partial charge in [0, 0.05) is 41.2 Å². The molecule has 4 heteroatoms. The SMILES string of the molecule is c1cncc(C2=C(c3cccnc3)C3c4ccccc4N=C(c4ccc(-c5ccc6c7ccccc7c7ccccc7c6c5)cc4)C3S2)c1. The van der Waals surface area contributed by atoms with Crippen LogP contribution in [0.3, 0.4) is 0 Å². The van der Waals surface area contributed by atoms with Crippen LogP contribution in [-0.4, -0.2) is 20.9 Å². The summed E-state index contributed by atoms with van der Waals surface area (Å²) in [5, 5.41) is 7.86. The van der Waals surface area contributed by atoms with Crippen molar-refractivity contribution in [3.05, 3.63) is 187 Å². The van der Waals surface area contributed by atoms with Crippen LogP contribution in [0.25, 0.3) is 53.9 Å². The van der Waals surface area contributed by atoms with Gasteiger partial charge in [-0.15, -0.1) is 11.8 Å². The van der Waals surface area contributed by atoms with Crippen LogP contribution in [0, 0.1) is 0 Å². The molecule has 49 heavy (non-hydrogen) atoms. The fraction of sp³-hybridized carbons (Fsp3) is 0.0444. The average molecular weight is 644 g/mol. The van der Waals surface area contributed by atoms with Crippen LogP contribution < -0.4 is 0 Å². The lowest BCUT2D eigenvalue weighted by Gasteiger charge is -2.30. The van der Waals surface area contributed by atoms with Crippen LogP contribution in [-0.2, 0) is 0 Å². The quantitative estimate of drug-likeness (QED) is 0.179. The number of benzene rings is 6. The van der Waals surface area contributed by atoms with Gasteiger partial charge in [0.15, 0.2) is 0 Å². The zero-order chi connectivity index (χ0) is 32.3. The molecule has 2 aliphatic heterocycles. The zero-order valence-electron chi connectivity index (χ0n) is 26.5. The summed E-state index contributed by atoms with van der Waals surface area (Å²) in [6.45, 7) is 0. The van der Waals surface area contributed by atoms with E-state index < -0.39 is 0 Å². The van der Waals surface area contributed by atoms with Gasteiger partial charge in [-0.05, 0) is 90.0 Å². The number of allylic oxidation sites excluding steroid dienone is 1. The largest absolute Gasteiger partial charge is 0.264 e. The molecule has 0 spiro atoms. The van der Waals surface area contributed by atoms with Gasteiger partial charge in [0.1, 0.15) is 0 Å². The van der Waals surface area contributed by atoms with E-state index in [0.717, 1.165) is 28.1 Å². The highest BCUT2D eigenvalue weighted by molar-refractivity contribution is 8.10. The number of nitrogens with zero attached hydrogens (tertiary/aromatic N) is 3. The molecule has 2 unspecified atom stereocenters. The second-order valence-electron chi connectivity index (χ2n) is 12.7. The van der Waals surface area contributed by atoms with Gasteiger partial charge in [-0.3, -0.25) is 15.0 Å². The number of thioether (sulfide) groups is 1. The van der Waals surface area contributed by atoms with Crippen molar-refractivity contribution >= 4 is 66.0 Å². The van der Waals surface area contributed by atoms with Crippen molar-refractivity contribution in [2.45, 2.75) is 11.2 Å². The summed E-state index contributed by atoms with van der Waals surface area (Å²) in [4.78, 5) is 15.6.